The topological polar surface area (TPSA) is 133 Å². The largest absolute Gasteiger partial charge is 0.481 e. The van der Waals surface area contributed by atoms with Gasteiger partial charge in [-0.25, -0.2) is 4.79 Å². The van der Waals surface area contributed by atoms with E-state index in [2.05, 4.69) is 10.6 Å². The maximum Gasteiger partial charge on any atom is 0.326 e. The van der Waals surface area contributed by atoms with Gasteiger partial charge in [0.25, 0.3) is 0 Å². The summed E-state index contributed by atoms with van der Waals surface area (Å²) >= 11 is 0. The van der Waals surface area contributed by atoms with E-state index in [1.807, 2.05) is 13.8 Å². The lowest BCUT2D eigenvalue weighted by molar-refractivity contribution is -0.143. The van der Waals surface area contributed by atoms with E-state index in [0.29, 0.717) is 6.42 Å². The van der Waals surface area contributed by atoms with Crippen LogP contribution in [0.15, 0.2) is 0 Å². The lowest BCUT2D eigenvalue weighted by Crippen LogP contribution is -2.51. The molecule has 21 heavy (non-hydrogen) atoms. The van der Waals surface area contributed by atoms with Crippen LogP contribution in [0, 0.1) is 5.92 Å². The van der Waals surface area contributed by atoms with Crippen molar-refractivity contribution in [2.24, 2.45) is 5.92 Å². The van der Waals surface area contributed by atoms with Crippen molar-refractivity contribution in [3.05, 3.63) is 0 Å². The number of hydrogen-bond donors (Lipinski definition) is 4. The quantitative estimate of drug-likeness (QED) is 0.473. The van der Waals surface area contributed by atoms with Crippen LogP contribution in [-0.2, 0) is 19.2 Å². The highest BCUT2D eigenvalue weighted by molar-refractivity contribution is 5.90. The van der Waals surface area contributed by atoms with Gasteiger partial charge in [-0.15, -0.1) is 0 Å². The van der Waals surface area contributed by atoms with Gasteiger partial charge in [0.1, 0.15) is 12.1 Å². The summed E-state index contributed by atoms with van der Waals surface area (Å²) in [4.78, 5) is 44.6. The third-order valence-electron chi connectivity index (χ3n) is 2.66. The maximum absolute atomic E-state index is 12.0. The van der Waals surface area contributed by atoms with Crippen LogP contribution in [0.4, 0.5) is 0 Å². The van der Waals surface area contributed by atoms with E-state index >= 15 is 0 Å². The van der Waals surface area contributed by atoms with Gasteiger partial charge in [-0.05, 0) is 18.8 Å². The first kappa shape index (κ1) is 18.9. The Hall–Kier alpha value is -2.12. The van der Waals surface area contributed by atoms with Crippen LogP contribution >= 0.6 is 0 Å². The van der Waals surface area contributed by atoms with E-state index in [1.54, 1.807) is 0 Å². The number of carboxylic acids is 2. The number of aliphatic carboxylic acids is 2. The molecule has 0 fully saturated rings. The zero-order valence-corrected chi connectivity index (χ0v) is 12.4. The standard InChI is InChI=1S/C13H22N2O6/c1-7(2)6-10(14-8(3)16)12(19)15-9(13(20)21)4-5-11(17)18/h7,9-10H,4-6H2,1-3H3,(H,14,16)(H,15,19)(H,17,18)(H,20,21)/t9-,10-/m0/s1. The monoisotopic (exact) mass is 302 g/mol. The molecule has 0 saturated carbocycles. The van der Waals surface area contributed by atoms with Crippen molar-refractivity contribution in [1.29, 1.82) is 0 Å². The summed E-state index contributed by atoms with van der Waals surface area (Å²) in [6.45, 7) is 4.99. The zero-order valence-electron chi connectivity index (χ0n) is 12.4. The van der Waals surface area contributed by atoms with Gasteiger partial charge < -0.3 is 20.8 Å². The number of rotatable bonds is 9. The van der Waals surface area contributed by atoms with Crippen LogP contribution in [0.3, 0.4) is 0 Å². The molecule has 0 aliphatic carbocycles. The molecule has 0 aliphatic heterocycles. The molecule has 0 bridgehead atoms. The molecule has 8 nitrogen and oxygen atoms in total. The molecule has 0 aromatic rings. The molecule has 0 spiro atoms. The van der Waals surface area contributed by atoms with Gasteiger partial charge in [0.15, 0.2) is 0 Å². The SMILES string of the molecule is CC(=O)N[C@@H](CC(C)C)C(=O)N[C@@H](CCC(=O)O)C(=O)O. The van der Waals surface area contributed by atoms with Crippen LogP contribution in [-0.4, -0.2) is 46.0 Å². The van der Waals surface area contributed by atoms with E-state index < -0.39 is 35.8 Å². The fourth-order valence-electron chi connectivity index (χ4n) is 1.75. The van der Waals surface area contributed by atoms with Crippen LogP contribution in [0.5, 0.6) is 0 Å². The van der Waals surface area contributed by atoms with E-state index in [4.69, 9.17) is 10.2 Å². The van der Waals surface area contributed by atoms with Crippen molar-refractivity contribution in [3.8, 4) is 0 Å². The predicted octanol–water partition coefficient (Wildman–Crippen LogP) is -0.0286. The van der Waals surface area contributed by atoms with Gasteiger partial charge in [0, 0.05) is 13.3 Å². The van der Waals surface area contributed by atoms with Gasteiger partial charge in [0.2, 0.25) is 11.8 Å². The van der Waals surface area contributed by atoms with Crippen LogP contribution in [0.25, 0.3) is 0 Å². The van der Waals surface area contributed by atoms with E-state index in [9.17, 15) is 19.2 Å². The minimum absolute atomic E-state index is 0.120. The van der Waals surface area contributed by atoms with Crippen molar-refractivity contribution in [1.82, 2.24) is 10.6 Å². The molecule has 0 rings (SSSR count). The molecule has 120 valence electrons. The molecule has 0 radical (unpaired) electrons. The normalized spacial score (nSPS) is 13.3. The van der Waals surface area contributed by atoms with Crippen molar-refractivity contribution in [2.45, 2.75) is 52.1 Å². The van der Waals surface area contributed by atoms with Crippen molar-refractivity contribution < 1.29 is 29.4 Å². The molecule has 4 N–H and O–H groups in total. The maximum atomic E-state index is 12.0. The highest BCUT2D eigenvalue weighted by Crippen LogP contribution is 2.06. The minimum atomic E-state index is -1.31. The number of carboxylic acid groups (broad SMARTS) is 2. The Morgan fingerprint density at radius 1 is 1.00 bits per heavy atom. The highest BCUT2D eigenvalue weighted by atomic mass is 16.4. The summed E-state index contributed by atoms with van der Waals surface area (Å²) in [5.74, 6) is -3.35. The van der Waals surface area contributed by atoms with Crippen molar-refractivity contribution >= 4 is 23.8 Å². The average molecular weight is 302 g/mol. The number of carbonyl (C=O) groups is 4. The Kier molecular flexibility index (Phi) is 8.03. The summed E-state index contributed by atoms with van der Waals surface area (Å²) < 4.78 is 0. The highest BCUT2D eigenvalue weighted by Gasteiger charge is 2.26. The van der Waals surface area contributed by atoms with Gasteiger partial charge in [-0.3, -0.25) is 14.4 Å². The predicted molar refractivity (Wildman–Crippen MR) is 73.5 cm³/mol. The molecule has 0 heterocycles. The van der Waals surface area contributed by atoms with Gasteiger partial charge in [0.05, 0.1) is 0 Å². The van der Waals surface area contributed by atoms with E-state index in [1.165, 1.54) is 6.92 Å². The third kappa shape index (κ3) is 8.61. The first-order valence-electron chi connectivity index (χ1n) is 6.65. The second-order valence-electron chi connectivity index (χ2n) is 5.21. The van der Waals surface area contributed by atoms with Gasteiger partial charge >= 0.3 is 11.9 Å². The molecule has 0 saturated heterocycles. The second-order valence-corrected chi connectivity index (χ2v) is 5.21. The molecule has 0 aliphatic rings. The molecule has 2 atom stereocenters. The summed E-state index contributed by atoms with van der Waals surface area (Å²) in [6.07, 6.45) is -0.228. The second kappa shape index (κ2) is 8.93. The van der Waals surface area contributed by atoms with Crippen molar-refractivity contribution in [3.63, 3.8) is 0 Å². The third-order valence-corrected chi connectivity index (χ3v) is 2.66. The summed E-state index contributed by atoms with van der Waals surface area (Å²) in [6, 6.07) is -2.13. The number of hydrogen-bond acceptors (Lipinski definition) is 4. The average Bonchev–Trinajstić information content (AvgIpc) is 2.31. The fraction of sp³-hybridized carbons (Fsp3) is 0.692. The fourth-order valence-corrected chi connectivity index (χ4v) is 1.75. The Bertz CT molecular complexity index is 407. The number of carbonyl (C=O) groups excluding carboxylic acids is 2. The van der Waals surface area contributed by atoms with Crippen LogP contribution in [0.1, 0.15) is 40.0 Å². The molecular weight excluding hydrogens is 280 g/mol. The molecule has 0 unspecified atom stereocenters. The van der Waals surface area contributed by atoms with E-state index in [-0.39, 0.29) is 18.8 Å². The minimum Gasteiger partial charge on any atom is -0.481 e. The van der Waals surface area contributed by atoms with Crippen LogP contribution < -0.4 is 10.6 Å². The lowest BCUT2D eigenvalue weighted by Gasteiger charge is -2.22. The first-order valence-corrected chi connectivity index (χ1v) is 6.65. The Morgan fingerprint density at radius 2 is 1.57 bits per heavy atom. The van der Waals surface area contributed by atoms with E-state index in [0.717, 1.165) is 0 Å². The van der Waals surface area contributed by atoms with Crippen LogP contribution in [0.2, 0.25) is 0 Å². The summed E-state index contributed by atoms with van der Waals surface area (Å²) in [5, 5.41) is 22.3. The smallest absolute Gasteiger partial charge is 0.326 e. The molecule has 0 aromatic heterocycles. The molecule has 0 aromatic carbocycles. The van der Waals surface area contributed by atoms with Gasteiger partial charge in [-0.1, -0.05) is 13.8 Å². The summed E-state index contributed by atoms with van der Waals surface area (Å²) in [7, 11) is 0. The summed E-state index contributed by atoms with van der Waals surface area (Å²) in [5.41, 5.74) is 0. The number of amides is 2. The number of nitrogens with one attached hydrogen (secondary N) is 2. The van der Waals surface area contributed by atoms with Gasteiger partial charge in [-0.2, -0.15) is 0 Å². The first-order chi connectivity index (χ1) is 9.63. The Morgan fingerprint density at radius 3 is 1.95 bits per heavy atom. The Labute approximate surface area is 122 Å². The zero-order chi connectivity index (χ0) is 16.6. The Balaban J connectivity index is 4.76. The lowest BCUT2D eigenvalue weighted by atomic mass is 10.0. The molecular formula is C13H22N2O6. The van der Waals surface area contributed by atoms with Crippen molar-refractivity contribution in [2.75, 3.05) is 0 Å². The molecule has 2 amide bonds. The molecule has 8 heteroatoms.